The highest BCUT2D eigenvalue weighted by Gasteiger charge is 2.25. The summed E-state index contributed by atoms with van der Waals surface area (Å²) in [6.45, 7) is 3.91. The van der Waals surface area contributed by atoms with Gasteiger partial charge >= 0.3 is 0 Å². The minimum Gasteiger partial charge on any atom is -0.269 e. The highest BCUT2D eigenvalue weighted by atomic mass is 32.2. The molecule has 0 spiro atoms. The lowest BCUT2D eigenvalue weighted by atomic mass is 10.1. The van der Waals surface area contributed by atoms with Crippen molar-refractivity contribution < 1.29 is 8.42 Å². The molecule has 0 N–H and O–H groups in total. The molecule has 0 saturated carbocycles. The van der Waals surface area contributed by atoms with Crippen LogP contribution in [-0.4, -0.2) is 35.3 Å². The van der Waals surface area contributed by atoms with Crippen molar-refractivity contribution in [2.24, 2.45) is 0 Å². The monoisotopic (exact) mass is 229 g/mol. The average molecular weight is 229 g/mol. The van der Waals surface area contributed by atoms with Crippen molar-refractivity contribution in [3.05, 3.63) is 17.5 Å². The van der Waals surface area contributed by atoms with Crippen LogP contribution in [0.4, 0.5) is 0 Å². The van der Waals surface area contributed by atoms with Crippen LogP contribution in [0.1, 0.15) is 18.2 Å². The fraction of sp³-hybridized carbons (Fsp3) is 0.667. The lowest BCUT2D eigenvalue weighted by Crippen LogP contribution is -2.35. The molecule has 15 heavy (non-hydrogen) atoms. The van der Waals surface area contributed by atoms with Crippen LogP contribution in [-0.2, 0) is 29.5 Å². The van der Waals surface area contributed by atoms with E-state index < -0.39 is 10.0 Å². The molecular weight excluding hydrogens is 214 g/mol. The average Bonchev–Trinajstić information content (AvgIpc) is 2.58. The number of hydrogen-bond donors (Lipinski definition) is 0. The fourth-order valence-corrected chi connectivity index (χ4v) is 2.72. The molecule has 1 aliphatic rings. The first-order valence-electron chi connectivity index (χ1n) is 5.01. The number of aryl methyl sites for hydroxylation is 1. The maximum Gasteiger partial charge on any atom is 0.211 e. The third kappa shape index (κ3) is 1.91. The fourth-order valence-electron chi connectivity index (χ4n) is 1.93. The van der Waals surface area contributed by atoms with E-state index in [2.05, 4.69) is 5.10 Å². The van der Waals surface area contributed by atoms with Gasteiger partial charge in [-0.2, -0.15) is 9.40 Å². The molecule has 0 aromatic carbocycles. The number of aromatic nitrogens is 2. The van der Waals surface area contributed by atoms with Gasteiger partial charge in [0.15, 0.2) is 0 Å². The molecule has 0 unspecified atom stereocenters. The molecule has 2 rings (SSSR count). The second-order valence-corrected chi connectivity index (χ2v) is 5.76. The summed E-state index contributed by atoms with van der Waals surface area (Å²) < 4.78 is 26.2. The minimum atomic E-state index is -3.07. The largest absolute Gasteiger partial charge is 0.269 e. The summed E-state index contributed by atoms with van der Waals surface area (Å²) in [5, 5.41) is 4.23. The zero-order valence-electron chi connectivity index (χ0n) is 8.97. The Hall–Kier alpha value is -0.880. The first-order valence-corrected chi connectivity index (χ1v) is 6.86. The van der Waals surface area contributed by atoms with Gasteiger partial charge in [-0.05, 0) is 6.92 Å². The highest BCUT2D eigenvalue weighted by molar-refractivity contribution is 7.88. The van der Waals surface area contributed by atoms with Crippen molar-refractivity contribution >= 4 is 10.0 Å². The first kappa shape index (κ1) is 10.6. The molecule has 1 aromatic rings. The van der Waals surface area contributed by atoms with Crippen molar-refractivity contribution in [3.8, 4) is 0 Å². The van der Waals surface area contributed by atoms with Crippen molar-refractivity contribution in [1.82, 2.24) is 14.1 Å². The maximum absolute atomic E-state index is 11.4. The molecule has 0 radical (unpaired) electrons. The van der Waals surface area contributed by atoms with Gasteiger partial charge in [-0.25, -0.2) is 8.42 Å². The van der Waals surface area contributed by atoms with Gasteiger partial charge < -0.3 is 0 Å². The van der Waals surface area contributed by atoms with E-state index in [1.165, 1.54) is 16.3 Å². The van der Waals surface area contributed by atoms with Crippen LogP contribution in [0.3, 0.4) is 0 Å². The van der Waals surface area contributed by atoms with E-state index in [1.807, 2.05) is 11.6 Å². The quantitative estimate of drug-likeness (QED) is 0.729. The Kier molecular flexibility index (Phi) is 2.56. The lowest BCUT2D eigenvalue weighted by molar-refractivity contribution is 0.387. The lowest BCUT2D eigenvalue weighted by Gasteiger charge is -2.24. The Morgan fingerprint density at radius 1 is 1.53 bits per heavy atom. The maximum atomic E-state index is 11.4. The molecule has 5 nitrogen and oxygen atoms in total. The number of hydrogen-bond acceptors (Lipinski definition) is 3. The van der Waals surface area contributed by atoms with E-state index >= 15 is 0 Å². The smallest absolute Gasteiger partial charge is 0.211 e. The van der Waals surface area contributed by atoms with Crippen LogP contribution in [0.25, 0.3) is 0 Å². The molecule has 0 atom stereocenters. The zero-order chi connectivity index (χ0) is 11.1. The molecule has 2 heterocycles. The SMILES string of the molecule is CCn1ncc2c1CCN(S(C)(=O)=O)C2. The molecule has 0 aliphatic carbocycles. The molecule has 0 bridgehead atoms. The Bertz CT molecular complexity index is 464. The van der Waals surface area contributed by atoms with Gasteiger partial charge in [0.1, 0.15) is 0 Å². The van der Waals surface area contributed by atoms with Gasteiger partial charge in [0.25, 0.3) is 0 Å². The van der Waals surface area contributed by atoms with Gasteiger partial charge in [0.05, 0.1) is 12.5 Å². The van der Waals surface area contributed by atoms with Crippen molar-refractivity contribution in [2.45, 2.75) is 26.4 Å². The number of rotatable bonds is 2. The number of sulfonamides is 1. The summed E-state index contributed by atoms with van der Waals surface area (Å²) in [7, 11) is -3.07. The Labute approximate surface area is 89.7 Å². The minimum absolute atomic E-state index is 0.466. The molecule has 84 valence electrons. The highest BCUT2D eigenvalue weighted by Crippen LogP contribution is 2.20. The summed E-state index contributed by atoms with van der Waals surface area (Å²) in [5.74, 6) is 0. The molecule has 0 amide bonds. The molecule has 0 fully saturated rings. The molecule has 6 heteroatoms. The van der Waals surface area contributed by atoms with Crippen LogP contribution < -0.4 is 0 Å². The normalized spacial score (nSPS) is 17.7. The Balaban J connectivity index is 2.29. The third-order valence-corrected chi connectivity index (χ3v) is 4.00. The van der Waals surface area contributed by atoms with Crippen molar-refractivity contribution in [2.75, 3.05) is 12.8 Å². The van der Waals surface area contributed by atoms with E-state index in [4.69, 9.17) is 0 Å². The van der Waals surface area contributed by atoms with Crippen LogP contribution >= 0.6 is 0 Å². The van der Waals surface area contributed by atoms with Gasteiger partial charge in [-0.15, -0.1) is 0 Å². The van der Waals surface area contributed by atoms with E-state index in [0.29, 0.717) is 13.1 Å². The third-order valence-electron chi connectivity index (χ3n) is 2.75. The predicted octanol–water partition coefficient (Wildman–Crippen LogP) is 0.221. The molecule has 1 aromatic heterocycles. The van der Waals surface area contributed by atoms with Crippen LogP contribution in [0.2, 0.25) is 0 Å². The Morgan fingerprint density at radius 2 is 2.27 bits per heavy atom. The van der Waals surface area contributed by atoms with Gasteiger partial charge in [-0.1, -0.05) is 0 Å². The van der Waals surface area contributed by atoms with Crippen molar-refractivity contribution in [1.29, 1.82) is 0 Å². The molecular formula is C9H15N3O2S. The number of nitrogens with zero attached hydrogens (tertiary/aromatic N) is 3. The first-order chi connectivity index (χ1) is 7.02. The molecule has 0 saturated heterocycles. The predicted molar refractivity (Wildman–Crippen MR) is 56.9 cm³/mol. The van der Waals surface area contributed by atoms with Crippen LogP contribution in [0, 0.1) is 0 Å². The van der Waals surface area contributed by atoms with E-state index in [-0.39, 0.29) is 0 Å². The Morgan fingerprint density at radius 3 is 2.87 bits per heavy atom. The van der Waals surface area contributed by atoms with E-state index in [9.17, 15) is 8.42 Å². The van der Waals surface area contributed by atoms with Crippen LogP contribution in [0.5, 0.6) is 0 Å². The summed E-state index contributed by atoms with van der Waals surface area (Å²) in [4.78, 5) is 0. The zero-order valence-corrected chi connectivity index (χ0v) is 9.79. The van der Waals surface area contributed by atoms with Crippen molar-refractivity contribution in [3.63, 3.8) is 0 Å². The number of fused-ring (bicyclic) bond motifs is 1. The second kappa shape index (κ2) is 3.61. The van der Waals surface area contributed by atoms with E-state index in [1.54, 1.807) is 6.20 Å². The topological polar surface area (TPSA) is 55.2 Å². The summed E-state index contributed by atoms with van der Waals surface area (Å²) in [6, 6.07) is 0. The summed E-state index contributed by atoms with van der Waals surface area (Å²) in [5.41, 5.74) is 2.21. The van der Waals surface area contributed by atoms with Gasteiger partial charge in [0.2, 0.25) is 10.0 Å². The second-order valence-electron chi connectivity index (χ2n) is 3.78. The van der Waals surface area contributed by atoms with E-state index in [0.717, 1.165) is 18.5 Å². The molecule has 1 aliphatic heterocycles. The standard InChI is InChI=1S/C9H15N3O2S/c1-3-12-9-4-5-11(15(2,13)14)7-8(9)6-10-12/h6H,3-5,7H2,1-2H3. The van der Waals surface area contributed by atoms with Gasteiger partial charge in [0, 0.05) is 37.3 Å². The summed E-state index contributed by atoms with van der Waals surface area (Å²) in [6.07, 6.45) is 3.79. The van der Waals surface area contributed by atoms with Gasteiger partial charge in [-0.3, -0.25) is 4.68 Å². The summed E-state index contributed by atoms with van der Waals surface area (Å²) >= 11 is 0. The van der Waals surface area contributed by atoms with Crippen LogP contribution in [0.15, 0.2) is 6.20 Å².